The van der Waals surface area contributed by atoms with Crippen LogP contribution >= 0.6 is 38.9 Å². The van der Waals surface area contributed by atoms with Crippen LogP contribution in [0.2, 0.25) is 5.02 Å². The highest BCUT2D eigenvalue weighted by Crippen LogP contribution is 2.27. The van der Waals surface area contributed by atoms with E-state index in [-0.39, 0.29) is 12.5 Å². The molecule has 5 nitrogen and oxygen atoms in total. The summed E-state index contributed by atoms with van der Waals surface area (Å²) in [4.78, 5) is 11.9. The number of aromatic nitrogens is 2. The van der Waals surface area contributed by atoms with E-state index in [1.807, 2.05) is 24.3 Å². The zero-order valence-corrected chi connectivity index (χ0v) is 15.4. The summed E-state index contributed by atoms with van der Waals surface area (Å²) in [6.07, 6.45) is 0. The minimum absolute atomic E-state index is 0.0997. The Kier molecular flexibility index (Phi) is 5.44. The molecule has 0 aliphatic carbocycles. The topological polar surface area (TPSA) is 64.1 Å². The number of hydrogen-bond donors (Lipinski definition) is 1. The van der Waals surface area contributed by atoms with E-state index in [9.17, 15) is 4.79 Å². The molecule has 24 heavy (non-hydrogen) atoms. The van der Waals surface area contributed by atoms with Gasteiger partial charge in [0.1, 0.15) is 10.8 Å². The number of carbonyl (C=O) groups excluding carboxylic acids is 1. The van der Waals surface area contributed by atoms with Crippen LogP contribution in [0.4, 0.5) is 5.13 Å². The van der Waals surface area contributed by atoms with E-state index in [4.69, 9.17) is 16.3 Å². The molecule has 1 aromatic heterocycles. The lowest BCUT2D eigenvalue weighted by molar-refractivity contribution is -0.118. The van der Waals surface area contributed by atoms with Crippen LogP contribution in [-0.2, 0) is 4.79 Å². The van der Waals surface area contributed by atoms with Gasteiger partial charge in [0.05, 0.1) is 0 Å². The number of hydrogen-bond acceptors (Lipinski definition) is 5. The Morgan fingerprint density at radius 1 is 1.12 bits per heavy atom. The van der Waals surface area contributed by atoms with Crippen molar-refractivity contribution in [3.8, 4) is 16.3 Å². The summed E-state index contributed by atoms with van der Waals surface area (Å²) in [6.45, 7) is -0.0997. The van der Waals surface area contributed by atoms with Crippen LogP contribution in [-0.4, -0.2) is 22.7 Å². The SMILES string of the molecule is O=C(COc1ccc(Br)cc1)Nc1nnc(-c2ccc(Cl)cc2)s1. The van der Waals surface area contributed by atoms with Gasteiger partial charge in [-0.15, -0.1) is 10.2 Å². The lowest BCUT2D eigenvalue weighted by Gasteiger charge is -2.05. The van der Waals surface area contributed by atoms with Crippen molar-refractivity contribution in [2.45, 2.75) is 0 Å². The summed E-state index contributed by atoms with van der Waals surface area (Å²) in [5, 5.41) is 12.5. The van der Waals surface area contributed by atoms with Crippen molar-refractivity contribution in [1.29, 1.82) is 0 Å². The first-order chi connectivity index (χ1) is 11.6. The fourth-order valence-electron chi connectivity index (χ4n) is 1.82. The summed E-state index contributed by atoms with van der Waals surface area (Å²) in [6, 6.07) is 14.5. The number of halogens is 2. The summed E-state index contributed by atoms with van der Waals surface area (Å²) in [7, 11) is 0. The third kappa shape index (κ3) is 4.53. The van der Waals surface area contributed by atoms with Crippen LogP contribution in [0, 0.1) is 0 Å². The molecule has 3 aromatic rings. The van der Waals surface area contributed by atoms with Crippen molar-refractivity contribution in [3.63, 3.8) is 0 Å². The number of ether oxygens (including phenoxy) is 1. The van der Waals surface area contributed by atoms with E-state index >= 15 is 0 Å². The van der Waals surface area contributed by atoms with E-state index in [2.05, 4.69) is 31.4 Å². The average molecular weight is 425 g/mol. The fraction of sp³-hybridized carbons (Fsp3) is 0.0625. The lowest BCUT2D eigenvalue weighted by Crippen LogP contribution is -2.20. The van der Waals surface area contributed by atoms with E-state index in [1.165, 1.54) is 11.3 Å². The highest BCUT2D eigenvalue weighted by molar-refractivity contribution is 9.10. The molecule has 0 radical (unpaired) electrons. The summed E-state index contributed by atoms with van der Waals surface area (Å²) in [5.41, 5.74) is 0.892. The van der Waals surface area contributed by atoms with E-state index in [0.29, 0.717) is 20.9 Å². The second-order valence-electron chi connectivity index (χ2n) is 4.71. The average Bonchev–Trinajstić information content (AvgIpc) is 3.03. The van der Waals surface area contributed by atoms with E-state index in [1.54, 1.807) is 24.3 Å². The second-order valence-corrected chi connectivity index (χ2v) is 7.04. The predicted molar refractivity (Wildman–Crippen MR) is 98.6 cm³/mol. The van der Waals surface area contributed by atoms with Gasteiger partial charge >= 0.3 is 0 Å². The molecule has 3 rings (SSSR count). The van der Waals surface area contributed by atoms with Crippen LogP contribution in [0.1, 0.15) is 0 Å². The summed E-state index contributed by atoms with van der Waals surface area (Å²) in [5.74, 6) is 0.323. The number of rotatable bonds is 5. The Hall–Kier alpha value is -1.96. The van der Waals surface area contributed by atoms with Gasteiger partial charge in [0, 0.05) is 15.1 Å². The number of amides is 1. The van der Waals surface area contributed by atoms with Crippen LogP contribution in [0.15, 0.2) is 53.0 Å². The van der Waals surface area contributed by atoms with Gasteiger partial charge in [-0.05, 0) is 36.4 Å². The maximum absolute atomic E-state index is 11.9. The Morgan fingerprint density at radius 2 is 1.83 bits per heavy atom. The summed E-state index contributed by atoms with van der Waals surface area (Å²) < 4.78 is 6.36. The smallest absolute Gasteiger partial charge is 0.264 e. The molecule has 0 aliphatic heterocycles. The van der Waals surface area contributed by atoms with Gasteiger partial charge in [-0.25, -0.2) is 0 Å². The number of nitrogens with zero attached hydrogens (tertiary/aromatic N) is 2. The molecule has 0 unspecified atom stereocenters. The zero-order valence-electron chi connectivity index (χ0n) is 12.2. The maximum Gasteiger partial charge on any atom is 0.264 e. The maximum atomic E-state index is 11.9. The van der Waals surface area contributed by atoms with Crippen molar-refractivity contribution in [2.24, 2.45) is 0 Å². The van der Waals surface area contributed by atoms with Gasteiger partial charge in [0.25, 0.3) is 5.91 Å². The van der Waals surface area contributed by atoms with E-state index < -0.39 is 0 Å². The molecule has 0 atom stereocenters. The molecule has 0 spiro atoms. The number of benzene rings is 2. The van der Waals surface area contributed by atoms with Crippen LogP contribution < -0.4 is 10.1 Å². The molecule has 0 saturated heterocycles. The monoisotopic (exact) mass is 423 g/mol. The largest absolute Gasteiger partial charge is 0.484 e. The first kappa shape index (κ1) is 16.9. The Labute approximate surface area is 155 Å². The minimum Gasteiger partial charge on any atom is -0.484 e. The van der Waals surface area contributed by atoms with Crippen molar-refractivity contribution in [1.82, 2.24) is 10.2 Å². The van der Waals surface area contributed by atoms with Gasteiger partial charge in [0.15, 0.2) is 6.61 Å². The third-order valence-electron chi connectivity index (χ3n) is 2.95. The minimum atomic E-state index is -0.295. The fourth-order valence-corrected chi connectivity index (χ4v) is 2.97. The standard InChI is InChI=1S/C16H11BrClN3O2S/c17-11-3-7-13(8-4-11)23-9-14(22)19-16-21-20-15(24-16)10-1-5-12(18)6-2-10/h1-8H,9H2,(H,19,21,22). The molecule has 122 valence electrons. The molecule has 0 aliphatic rings. The lowest BCUT2D eigenvalue weighted by atomic mass is 10.2. The first-order valence-corrected chi connectivity index (χ1v) is 8.86. The second kappa shape index (κ2) is 7.74. The van der Waals surface area contributed by atoms with Crippen LogP contribution in [0.5, 0.6) is 5.75 Å². The predicted octanol–water partition coefficient (Wildman–Crippen LogP) is 4.64. The first-order valence-electron chi connectivity index (χ1n) is 6.88. The molecule has 0 bridgehead atoms. The van der Waals surface area contributed by atoms with E-state index in [0.717, 1.165) is 10.0 Å². The highest BCUT2D eigenvalue weighted by atomic mass is 79.9. The van der Waals surface area contributed by atoms with Crippen molar-refractivity contribution in [2.75, 3.05) is 11.9 Å². The molecular weight excluding hydrogens is 414 g/mol. The van der Waals surface area contributed by atoms with Crippen LogP contribution in [0.3, 0.4) is 0 Å². The summed E-state index contributed by atoms with van der Waals surface area (Å²) >= 11 is 10.5. The normalized spacial score (nSPS) is 10.4. The van der Waals surface area contributed by atoms with Gasteiger partial charge in [-0.1, -0.05) is 51.0 Å². The van der Waals surface area contributed by atoms with Crippen molar-refractivity contribution < 1.29 is 9.53 Å². The Balaban J connectivity index is 1.57. The van der Waals surface area contributed by atoms with Gasteiger partial charge < -0.3 is 4.74 Å². The third-order valence-corrected chi connectivity index (χ3v) is 4.61. The molecule has 1 heterocycles. The van der Waals surface area contributed by atoms with Crippen LogP contribution in [0.25, 0.3) is 10.6 Å². The van der Waals surface area contributed by atoms with Gasteiger partial charge in [0.2, 0.25) is 5.13 Å². The quantitative estimate of drug-likeness (QED) is 0.648. The molecular formula is C16H11BrClN3O2S. The Bertz CT molecular complexity index is 837. The van der Waals surface area contributed by atoms with Gasteiger partial charge in [-0.2, -0.15) is 0 Å². The Morgan fingerprint density at radius 3 is 2.54 bits per heavy atom. The van der Waals surface area contributed by atoms with Crippen molar-refractivity contribution >= 4 is 49.9 Å². The molecule has 0 fully saturated rings. The molecule has 1 N–H and O–H groups in total. The molecule has 8 heteroatoms. The zero-order chi connectivity index (χ0) is 16.9. The van der Waals surface area contributed by atoms with Crippen molar-refractivity contribution in [3.05, 3.63) is 58.0 Å². The number of carbonyl (C=O) groups is 1. The molecule has 1 amide bonds. The highest BCUT2D eigenvalue weighted by Gasteiger charge is 2.10. The molecule has 2 aromatic carbocycles. The molecule has 0 saturated carbocycles. The van der Waals surface area contributed by atoms with Gasteiger partial charge in [-0.3, -0.25) is 10.1 Å². The number of nitrogens with one attached hydrogen (secondary N) is 1. The number of anilines is 1.